The number of likely N-dealkylation sites (tertiary alicyclic amines) is 1. The third-order valence-electron chi connectivity index (χ3n) is 3.53. The van der Waals surface area contributed by atoms with Gasteiger partial charge in [-0.1, -0.05) is 31.2 Å². The fraction of sp³-hybridized carbons (Fsp3) is 0.571. The van der Waals surface area contributed by atoms with E-state index in [1.807, 2.05) is 0 Å². The average molecular weight is 218 g/mol. The Morgan fingerprint density at radius 1 is 1.31 bits per heavy atom. The summed E-state index contributed by atoms with van der Waals surface area (Å²) in [5.74, 6) is 0.840. The van der Waals surface area contributed by atoms with Gasteiger partial charge in [0.1, 0.15) is 0 Å². The van der Waals surface area contributed by atoms with Crippen LogP contribution in [0.15, 0.2) is 24.3 Å². The van der Waals surface area contributed by atoms with Crippen molar-refractivity contribution in [2.75, 3.05) is 6.54 Å². The molecule has 0 aliphatic carbocycles. The topological polar surface area (TPSA) is 29.3 Å². The summed E-state index contributed by atoms with van der Waals surface area (Å²) in [5, 5.41) is 0. The summed E-state index contributed by atoms with van der Waals surface area (Å²) in [6.45, 7) is 7.61. The molecule has 1 aliphatic rings. The van der Waals surface area contributed by atoms with Crippen LogP contribution in [0.1, 0.15) is 31.4 Å². The van der Waals surface area contributed by atoms with Crippen molar-refractivity contribution in [1.29, 1.82) is 0 Å². The fourth-order valence-electron chi connectivity index (χ4n) is 2.70. The number of nitrogens with zero attached hydrogens (tertiary/aromatic N) is 1. The lowest BCUT2D eigenvalue weighted by Gasteiger charge is -2.21. The third-order valence-corrected chi connectivity index (χ3v) is 3.53. The van der Waals surface area contributed by atoms with Gasteiger partial charge in [0.05, 0.1) is 0 Å². The lowest BCUT2D eigenvalue weighted by atomic mass is 10.1. The number of hydrogen-bond donors (Lipinski definition) is 1. The Morgan fingerprint density at radius 3 is 2.69 bits per heavy atom. The van der Waals surface area contributed by atoms with Crippen LogP contribution in [0.5, 0.6) is 0 Å². The van der Waals surface area contributed by atoms with E-state index in [0.717, 1.165) is 18.5 Å². The molecule has 1 aromatic rings. The molecule has 0 saturated carbocycles. The maximum Gasteiger partial charge on any atom is 0.0236 e. The second-order valence-corrected chi connectivity index (χ2v) is 5.14. The van der Waals surface area contributed by atoms with Gasteiger partial charge in [-0.25, -0.2) is 0 Å². The van der Waals surface area contributed by atoms with E-state index in [9.17, 15) is 0 Å². The standard InChI is InChI=1S/C14H22N2/c1-11-6-12(2)16(9-11)10-14-5-3-4-13(7-14)8-15/h3-5,7,11-12H,6,8-10,15H2,1-2H3. The van der Waals surface area contributed by atoms with Gasteiger partial charge in [0.15, 0.2) is 0 Å². The van der Waals surface area contributed by atoms with Gasteiger partial charge in [-0.15, -0.1) is 0 Å². The van der Waals surface area contributed by atoms with Crippen LogP contribution in [0.25, 0.3) is 0 Å². The third kappa shape index (κ3) is 2.63. The zero-order valence-corrected chi connectivity index (χ0v) is 10.3. The molecule has 2 rings (SSSR count). The Balaban J connectivity index is 2.03. The summed E-state index contributed by atoms with van der Waals surface area (Å²) in [6, 6.07) is 9.36. The fourth-order valence-corrected chi connectivity index (χ4v) is 2.70. The van der Waals surface area contributed by atoms with Crippen molar-refractivity contribution >= 4 is 0 Å². The zero-order chi connectivity index (χ0) is 11.5. The normalized spacial score (nSPS) is 26.2. The van der Waals surface area contributed by atoms with Crippen LogP contribution in [0.4, 0.5) is 0 Å². The molecule has 0 spiro atoms. The molecule has 16 heavy (non-hydrogen) atoms. The highest BCUT2D eigenvalue weighted by atomic mass is 15.2. The Labute approximate surface area is 98.4 Å². The molecule has 1 aromatic carbocycles. The second-order valence-electron chi connectivity index (χ2n) is 5.14. The van der Waals surface area contributed by atoms with Crippen LogP contribution >= 0.6 is 0 Å². The van der Waals surface area contributed by atoms with E-state index < -0.39 is 0 Å². The summed E-state index contributed by atoms with van der Waals surface area (Å²) >= 11 is 0. The summed E-state index contributed by atoms with van der Waals surface area (Å²) in [6.07, 6.45) is 1.33. The summed E-state index contributed by atoms with van der Waals surface area (Å²) < 4.78 is 0. The van der Waals surface area contributed by atoms with Crippen LogP contribution in [0.3, 0.4) is 0 Å². The molecule has 88 valence electrons. The second kappa shape index (κ2) is 4.98. The molecule has 1 heterocycles. The van der Waals surface area contributed by atoms with E-state index in [4.69, 9.17) is 5.73 Å². The lowest BCUT2D eigenvalue weighted by Crippen LogP contribution is -2.26. The van der Waals surface area contributed by atoms with Crippen LogP contribution < -0.4 is 5.73 Å². The van der Waals surface area contributed by atoms with Gasteiger partial charge in [0.25, 0.3) is 0 Å². The monoisotopic (exact) mass is 218 g/mol. The molecule has 0 amide bonds. The molecule has 0 aromatic heterocycles. The van der Waals surface area contributed by atoms with Crippen molar-refractivity contribution in [3.63, 3.8) is 0 Å². The first-order valence-corrected chi connectivity index (χ1v) is 6.21. The molecular weight excluding hydrogens is 196 g/mol. The first-order valence-electron chi connectivity index (χ1n) is 6.21. The summed E-state index contributed by atoms with van der Waals surface area (Å²) in [5.41, 5.74) is 8.29. The van der Waals surface area contributed by atoms with Gasteiger partial charge in [0, 0.05) is 25.7 Å². The lowest BCUT2D eigenvalue weighted by molar-refractivity contribution is 0.256. The van der Waals surface area contributed by atoms with Gasteiger partial charge in [0.2, 0.25) is 0 Å². The molecule has 1 saturated heterocycles. The van der Waals surface area contributed by atoms with Crippen molar-refractivity contribution in [2.45, 2.75) is 39.4 Å². The Hall–Kier alpha value is -0.860. The number of nitrogens with two attached hydrogens (primary N) is 1. The molecule has 2 nitrogen and oxygen atoms in total. The Kier molecular flexibility index (Phi) is 3.62. The highest BCUT2D eigenvalue weighted by molar-refractivity contribution is 5.23. The minimum Gasteiger partial charge on any atom is -0.326 e. The molecule has 0 bridgehead atoms. The van der Waals surface area contributed by atoms with Crippen LogP contribution in [0, 0.1) is 5.92 Å². The van der Waals surface area contributed by atoms with Gasteiger partial charge in [-0.3, -0.25) is 4.90 Å². The maximum absolute atomic E-state index is 5.66. The van der Waals surface area contributed by atoms with Crippen molar-refractivity contribution in [3.05, 3.63) is 35.4 Å². The minimum atomic E-state index is 0.639. The Bertz CT molecular complexity index is 348. The minimum absolute atomic E-state index is 0.639. The van der Waals surface area contributed by atoms with Gasteiger partial charge >= 0.3 is 0 Å². The largest absolute Gasteiger partial charge is 0.326 e. The van der Waals surface area contributed by atoms with Crippen molar-refractivity contribution in [3.8, 4) is 0 Å². The van der Waals surface area contributed by atoms with Gasteiger partial charge in [-0.2, -0.15) is 0 Å². The van der Waals surface area contributed by atoms with E-state index >= 15 is 0 Å². The van der Waals surface area contributed by atoms with E-state index in [1.165, 1.54) is 24.1 Å². The van der Waals surface area contributed by atoms with Gasteiger partial charge < -0.3 is 5.73 Å². The quantitative estimate of drug-likeness (QED) is 0.844. The van der Waals surface area contributed by atoms with E-state index in [1.54, 1.807) is 0 Å². The number of benzene rings is 1. The first kappa shape index (κ1) is 11.6. The van der Waals surface area contributed by atoms with Crippen molar-refractivity contribution < 1.29 is 0 Å². The van der Waals surface area contributed by atoms with E-state index in [-0.39, 0.29) is 0 Å². The van der Waals surface area contributed by atoms with E-state index in [2.05, 4.69) is 43.0 Å². The van der Waals surface area contributed by atoms with Crippen LogP contribution in [0.2, 0.25) is 0 Å². The number of rotatable bonds is 3. The van der Waals surface area contributed by atoms with Gasteiger partial charge in [-0.05, 0) is 30.4 Å². The highest BCUT2D eigenvalue weighted by Crippen LogP contribution is 2.24. The molecule has 1 aliphatic heterocycles. The highest BCUT2D eigenvalue weighted by Gasteiger charge is 2.25. The molecule has 2 atom stereocenters. The molecule has 2 N–H and O–H groups in total. The molecule has 2 unspecified atom stereocenters. The predicted molar refractivity (Wildman–Crippen MR) is 68.0 cm³/mol. The molecule has 1 fully saturated rings. The zero-order valence-electron chi connectivity index (χ0n) is 10.3. The van der Waals surface area contributed by atoms with Crippen LogP contribution in [-0.4, -0.2) is 17.5 Å². The first-order chi connectivity index (χ1) is 7.69. The smallest absolute Gasteiger partial charge is 0.0236 e. The SMILES string of the molecule is CC1CC(C)N(Cc2cccc(CN)c2)C1. The maximum atomic E-state index is 5.66. The summed E-state index contributed by atoms with van der Waals surface area (Å²) in [4.78, 5) is 2.57. The van der Waals surface area contributed by atoms with Crippen molar-refractivity contribution in [1.82, 2.24) is 4.90 Å². The average Bonchev–Trinajstić information content (AvgIpc) is 2.58. The summed E-state index contributed by atoms with van der Waals surface area (Å²) in [7, 11) is 0. The molecular formula is C14H22N2. The van der Waals surface area contributed by atoms with Crippen LogP contribution in [-0.2, 0) is 13.1 Å². The molecule has 0 radical (unpaired) electrons. The van der Waals surface area contributed by atoms with E-state index in [0.29, 0.717) is 6.54 Å². The molecule has 2 heteroatoms. The number of hydrogen-bond acceptors (Lipinski definition) is 2. The predicted octanol–water partition coefficient (Wildman–Crippen LogP) is 2.38. The van der Waals surface area contributed by atoms with Crippen molar-refractivity contribution in [2.24, 2.45) is 11.7 Å². The Morgan fingerprint density at radius 2 is 2.06 bits per heavy atom.